The van der Waals surface area contributed by atoms with E-state index in [4.69, 9.17) is 0 Å². The van der Waals surface area contributed by atoms with Crippen LogP contribution in [0.4, 0.5) is 14.5 Å². The van der Waals surface area contributed by atoms with Gasteiger partial charge >= 0.3 is 6.61 Å². The summed E-state index contributed by atoms with van der Waals surface area (Å²) in [6.07, 6.45) is 1.29. The van der Waals surface area contributed by atoms with Gasteiger partial charge in [-0.1, -0.05) is 26.0 Å². The number of carbonyl (C=O) groups is 1. The summed E-state index contributed by atoms with van der Waals surface area (Å²) >= 11 is 0. The van der Waals surface area contributed by atoms with Crippen molar-refractivity contribution in [3.63, 3.8) is 0 Å². The van der Waals surface area contributed by atoms with Gasteiger partial charge in [0.1, 0.15) is 17.4 Å². The lowest BCUT2D eigenvalue weighted by Gasteiger charge is -2.18. The molecule has 0 bridgehead atoms. The normalized spacial score (nSPS) is 12.0. The zero-order valence-electron chi connectivity index (χ0n) is 16.9. The number of ether oxygens (including phenoxy) is 1. The Kier molecular flexibility index (Phi) is 8.24. The number of rotatable bonds is 9. The Hall–Kier alpha value is -3.29. The number of alkyl halides is 2. The van der Waals surface area contributed by atoms with Gasteiger partial charge in [0.15, 0.2) is 0 Å². The molecule has 0 atom stereocenters. The number of amides is 1. The number of benzene rings is 2. The largest absolute Gasteiger partial charge is 0.435 e. The van der Waals surface area contributed by atoms with E-state index in [9.17, 15) is 27.3 Å². The summed E-state index contributed by atoms with van der Waals surface area (Å²) < 4.78 is 55.0. The van der Waals surface area contributed by atoms with Gasteiger partial charge in [-0.05, 0) is 48.0 Å². The van der Waals surface area contributed by atoms with E-state index < -0.39 is 22.5 Å². The highest BCUT2D eigenvalue weighted by Gasteiger charge is 2.21. The maximum atomic E-state index is 12.5. The average Bonchev–Trinajstić information content (AvgIpc) is 2.73. The summed E-state index contributed by atoms with van der Waals surface area (Å²) in [5, 5.41) is 11.8. The first-order valence-corrected chi connectivity index (χ1v) is 10.7. The fraction of sp³-hybridized carbons (Fsp3) is 0.238. The zero-order valence-corrected chi connectivity index (χ0v) is 17.7. The second kappa shape index (κ2) is 10.7. The Morgan fingerprint density at radius 3 is 2.19 bits per heavy atom. The van der Waals surface area contributed by atoms with E-state index in [1.54, 1.807) is 19.9 Å². The molecule has 2 rings (SSSR count). The quantitative estimate of drug-likeness (QED) is 0.463. The van der Waals surface area contributed by atoms with Crippen LogP contribution in [-0.2, 0) is 14.8 Å². The van der Waals surface area contributed by atoms with E-state index in [2.05, 4.69) is 10.1 Å². The lowest BCUT2D eigenvalue weighted by molar-refractivity contribution is -0.112. The Morgan fingerprint density at radius 1 is 1.13 bits per heavy atom. The topological polar surface area (TPSA) is 99.5 Å². The SMILES string of the molecule is CCN(CC)S(=O)(=O)c1ccc(NC(=O)C(C#N)=Cc2ccc(OC(F)F)cc2)cc1. The van der Waals surface area contributed by atoms with E-state index in [1.165, 1.54) is 58.9 Å². The minimum absolute atomic E-state index is 0.0464. The molecule has 2 aromatic carbocycles. The third kappa shape index (κ3) is 6.34. The lowest BCUT2D eigenvalue weighted by Crippen LogP contribution is -2.30. The molecule has 0 unspecified atom stereocenters. The number of sulfonamides is 1. The summed E-state index contributed by atoms with van der Waals surface area (Å²) in [6, 6.07) is 12.8. The van der Waals surface area contributed by atoms with Crippen LogP contribution >= 0.6 is 0 Å². The first-order valence-electron chi connectivity index (χ1n) is 9.29. The van der Waals surface area contributed by atoms with Crippen LogP contribution in [0.1, 0.15) is 19.4 Å². The molecule has 164 valence electrons. The second-order valence-corrected chi connectivity index (χ2v) is 8.12. The predicted molar refractivity (Wildman–Crippen MR) is 112 cm³/mol. The molecular weight excluding hydrogens is 428 g/mol. The second-order valence-electron chi connectivity index (χ2n) is 6.19. The van der Waals surface area contributed by atoms with Crippen LogP contribution in [0.5, 0.6) is 5.75 Å². The van der Waals surface area contributed by atoms with Crippen LogP contribution in [0.3, 0.4) is 0 Å². The highest BCUT2D eigenvalue weighted by molar-refractivity contribution is 7.89. The van der Waals surface area contributed by atoms with E-state index in [0.29, 0.717) is 24.3 Å². The number of carbonyl (C=O) groups excluding carboxylic acids is 1. The van der Waals surface area contributed by atoms with Crippen LogP contribution < -0.4 is 10.1 Å². The molecule has 0 radical (unpaired) electrons. The average molecular weight is 449 g/mol. The van der Waals surface area contributed by atoms with Crippen molar-refractivity contribution < 1.29 is 26.7 Å². The Balaban J connectivity index is 2.14. The Morgan fingerprint density at radius 2 is 1.71 bits per heavy atom. The molecular formula is C21H21F2N3O4S. The van der Waals surface area contributed by atoms with Crippen molar-refractivity contribution in [1.29, 1.82) is 5.26 Å². The molecule has 0 saturated heterocycles. The van der Waals surface area contributed by atoms with Gasteiger partial charge in [-0.3, -0.25) is 4.79 Å². The predicted octanol–water partition coefficient (Wildman–Crippen LogP) is 3.86. The molecule has 0 aliphatic heterocycles. The summed E-state index contributed by atoms with van der Waals surface area (Å²) in [4.78, 5) is 12.5. The molecule has 0 fully saturated rings. The highest BCUT2D eigenvalue weighted by atomic mass is 32.2. The Bertz CT molecular complexity index is 1070. The molecule has 7 nitrogen and oxygen atoms in total. The van der Waals surface area contributed by atoms with E-state index in [1.807, 2.05) is 0 Å². The lowest BCUT2D eigenvalue weighted by atomic mass is 10.1. The maximum Gasteiger partial charge on any atom is 0.387 e. The molecule has 10 heteroatoms. The van der Waals surface area contributed by atoms with E-state index >= 15 is 0 Å². The fourth-order valence-electron chi connectivity index (χ4n) is 2.68. The number of anilines is 1. The molecule has 0 aliphatic carbocycles. The van der Waals surface area contributed by atoms with Gasteiger partial charge < -0.3 is 10.1 Å². The molecule has 31 heavy (non-hydrogen) atoms. The fourth-order valence-corrected chi connectivity index (χ4v) is 4.14. The van der Waals surface area contributed by atoms with Crippen molar-refractivity contribution in [3.8, 4) is 11.8 Å². The molecule has 0 aromatic heterocycles. The minimum Gasteiger partial charge on any atom is -0.435 e. The minimum atomic E-state index is -3.62. The summed E-state index contributed by atoms with van der Waals surface area (Å²) in [7, 11) is -3.62. The van der Waals surface area contributed by atoms with Gasteiger partial charge in [-0.2, -0.15) is 18.3 Å². The van der Waals surface area contributed by atoms with Crippen molar-refractivity contribution in [2.75, 3.05) is 18.4 Å². The standard InChI is InChI=1S/C21H21F2N3O4S/c1-3-26(4-2)31(28,29)19-11-7-17(8-12-19)25-20(27)16(14-24)13-15-5-9-18(10-6-15)30-21(22)23/h5-13,21H,3-4H2,1-2H3,(H,25,27). The molecule has 2 aromatic rings. The van der Waals surface area contributed by atoms with E-state index in [-0.39, 0.29) is 16.2 Å². The Labute approximate surface area is 179 Å². The number of halogens is 2. The van der Waals surface area contributed by atoms with Gasteiger partial charge in [-0.15, -0.1) is 0 Å². The highest BCUT2D eigenvalue weighted by Crippen LogP contribution is 2.20. The molecule has 0 saturated carbocycles. The molecule has 1 amide bonds. The van der Waals surface area contributed by atoms with Crippen molar-refractivity contribution in [1.82, 2.24) is 4.31 Å². The first-order chi connectivity index (χ1) is 14.7. The van der Waals surface area contributed by atoms with Crippen molar-refractivity contribution in [2.45, 2.75) is 25.4 Å². The third-order valence-electron chi connectivity index (χ3n) is 4.24. The molecule has 0 spiro atoms. The van der Waals surface area contributed by atoms with Gasteiger partial charge in [0.05, 0.1) is 4.90 Å². The van der Waals surface area contributed by atoms with Crippen LogP contribution in [0.2, 0.25) is 0 Å². The monoisotopic (exact) mass is 449 g/mol. The van der Waals surface area contributed by atoms with Crippen molar-refractivity contribution in [2.24, 2.45) is 0 Å². The summed E-state index contributed by atoms with van der Waals surface area (Å²) in [6.45, 7) is 1.21. The number of hydrogen-bond donors (Lipinski definition) is 1. The number of nitriles is 1. The third-order valence-corrected chi connectivity index (χ3v) is 6.30. The molecule has 0 aliphatic rings. The van der Waals surface area contributed by atoms with Gasteiger partial charge in [-0.25, -0.2) is 8.42 Å². The zero-order chi connectivity index (χ0) is 23.0. The number of nitrogens with zero attached hydrogens (tertiary/aromatic N) is 2. The smallest absolute Gasteiger partial charge is 0.387 e. The number of hydrogen-bond acceptors (Lipinski definition) is 5. The van der Waals surface area contributed by atoms with Crippen molar-refractivity contribution >= 4 is 27.7 Å². The van der Waals surface area contributed by atoms with Gasteiger partial charge in [0.25, 0.3) is 5.91 Å². The van der Waals surface area contributed by atoms with Crippen LogP contribution in [0.25, 0.3) is 6.08 Å². The maximum absolute atomic E-state index is 12.5. The summed E-state index contributed by atoms with van der Waals surface area (Å²) in [5.41, 5.74) is 0.529. The van der Waals surface area contributed by atoms with Crippen LogP contribution in [0, 0.1) is 11.3 Å². The van der Waals surface area contributed by atoms with Gasteiger partial charge in [0, 0.05) is 18.8 Å². The first kappa shape index (κ1) is 24.0. The summed E-state index contributed by atoms with van der Waals surface area (Å²) in [5.74, 6) is -0.746. The molecule has 0 heterocycles. The van der Waals surface area contributed by atoms with Crippen molar-refractivity contribution in [3.05, 3.63) is 59.7 Å². The van der Waals surface area contributed by atoms with E-state index in [0.717, 1.165) is 0 Å². The van der Waals surface area contributed by atoms with Crippen LogP contribution in [-0.4, -0.2) is 38.3 Å². The van der Waals surface area contributed by atoms with Gasteiger partial charge in [0.2, 0.25) is 10.0 Å². The van der Waals surface area contributed by atoms with Crippen LogP contribution in [0.15, 0.2) is 59.0 Å². The number of nitrogens with one attached hydrogen (secondary N) is 1. The molecule has 1 N–H and O–H groups in total.